The molecule has 0 unspecified atom stereocenters. The van der Waals surface area contributed by atoms with Gasteiger partial charge in [-0.1, -0.05) is 42.4 Å². The quantitative estimate of drug-likeness (QED) is 0.243. The fourth-order valence-electron chi connectivity index (χ4n) is 7.24. The van der Waals surface area contributed by atoms with E-state index in [9.17, 15) is 9.18 Å². The Morgan fingerprint density at radius 2 is 1.98 bits per heavy atom. The molecule has 1 saturated heterocycles. The van der Waals surface area contributed by atoms with Crippen LogP contribution in [0, 0.1) is 12.0 Å². The summed E-state index contributed by atoms with van der Waals surface area (Å²) in [6.45, 7) is 15.2. The van der Waals surface area contributed by atoms with Crippen molar-refractivity contribution in [3.63, 3.8) is 0 Å². The van der Waals surface area contributed by atoms with Crippen molar-refractivity contribution in [2.24, 2.45) is 5.41 Å². The van der Waals surface area contributed by atoms with Crippen LogP contribution in [0.25, 0.3) is 15.6 Å². The first-order valence-electron chi connectivity index (χ1n) is 15.4. The van der Waals surface area contributed by atoms with E-state index in [1.807, 2.05) is 32.3 Å². The van der Waals surface area contributed by atoms with E-state index in [4.69, 9.17) is 32.9 Å². The van der Waals surface area contributed by atoms with Gasteiger partial charge < -0.3 is 29.2 Å². The highest BCUT2D eigenvalue weighted by Gasteiger charge is 2.46. The number of benzene rings is 2. The van der Waals surface area contributed by atoms with Crippen LogP contribution in [0.3, 0.4) is 0 Å². The molecule has 1 aromatic heterocycles. The largest absolute Gasteiger partial charge is 0.463 e. The van der Waals surface area contributed by atoms with Gasteiger partial charge in [0.25, 0.3) is 0 Å². The summed E-state index contributed by atoms with van der Waals surface area (Å²) < 4.78 is 20.4. The van der Waals surface area contributed by atoms with Crippen molar-refractivity contribution >= 4 is 39.8 Å². The summed E-state index contributed by atoms with van der Waals surface area (Å²) in [4.78, 5) is 34.4. The molecule has 1 aliphatic carbocycles. The molecule has 0 N–H and O–H groups in total. The zero-order valence-electron chi connectivity index (χ0n) is 25.9. The molecule has 0 spiro atoms. The van der Waals surface area contributed by atoms with E-state index in [1.165, 1.54) is 6.08 Å². The molecule has 3 aromatic rings. The van der Waals surface area contributed by atoms with Crippen LogP contribution in [0.2, 0.25) is 5.02 Å². The Morgan fingerprint density at radius 3 is 2.69 bits per heavy atom. The van der Waals surface area contributed by atoms with Gasteiger partial charge in [0.15, 0.2) is 0 Å². The number of carbonyl (C=O) groups is 1. The van der Waals surface area contributed by atoms with Crippen LogP contribution in [-0.2, 0) is 17.8 Å². The van der Waals surface area contributed by atoms with Crippen molar-refractivity contribution in [1.29, 1.82) is 0 Å². The summed E-state index contributed by atoms with van der Waals surface area (Å²) in [6.07, 6.45) is 2.11. The number of carbonyl (C=O) groups excluding carboxylic acids is 1. The maximum atomic E-state index is 14.1. The monoisotopic (exact) mass is 631 g/mol. The number of ether oxygens (including phenoxy) is 1. The molecule has 9 nitrogen and oxygen atoms in total. The predicted molar refractivity (Wildman–Crippen MR) is 176 cm³/mol. The number of piperazine rings is 1. The van der Waals surface area contributed by atoms with Crippen LogP contribution in [0.5, 0.6) is 6.01 Å². The molecule has 11 heteroatoms. The van der Waals surface area contributed by atoms with Gasteiger partial charge in [0.2, 0.25) is 12.5 Å². The second-order valence-electron chi connectivity index (χ2n) is 12.7. The molecule has 2 aromatic carbocycles. The minimum atomic E-state index is -0.816. The summed E-state index contributed by atoms with van der Waals surface area (Å²) in [7, 11) is 3.98. The number of aromatic nitrogens is 2. The molecule has 0 bridgehead atoms. The Bertz CT molecular complexity index is 1630. The SMILES string of the molecule is [C-]#[N+]C[C@H]1CN(c2nc(OCC3(CN(C)C)CC(F)C3)nc3c2CCN(c2cccc4cccc(Cl)c24)C3)CCN1C(=O)C=C. The summed E-state index contributed by atoms with van der Waals surface area (Å²) in [5.41, 5.74) is 2.68. The van der Waals surface area contributed by atoms with Crippen molar-refractivity contribution < 1.29 is 13.9 Å². The van der Waals surface area contributed by atoms with Gasteiger partial charge in [-0.2, -0.15) is 9.97 Å². The third-order valence-corrected chi connectivity index (χ3v) is 9.52. The lowest BCUT2D eigenvalue weighted by Crippen LogP contribution is -2.56. The van der Waals surface area contributed by atoms with Gasteiger partial charge in [0.05, 0.1) is 23.9 Å². The Morgan fingerprint density at radius 1 is 1.20 bits per heavy atom. The van der Waals surface area contributed by atoms with Crippen LogP contribution in [-0.4, -0.2) is 97.9 Å². The van der Waals surface area contributed by atoms with Crippen molar-refractivity contribution in [1.82, 2.24) is 19.8 Å². The second kappa shape index (κ2) is 12.8. The Hall–Kier alpha value is -3.94. The number of alkyl halides is 1. The van der Waals surface area contributed by atoms with E-state index in [1.54, 1.807) is 4.90 Å². The van der Waals surface area contributed by atoms with Gasteiger partial charge in [-0.25, -0.2) is 11.0 Å². The molecule has 45 heavy (non-hydrogen) atoms. The van der Waals surface area contributed by atoms with E-state index in [2.05, 4.69) is 44.3 Å². The topological polar surface area (TPSA) is 69.4 Å². The van der Waals surface area contributed by atoms with E-state index in [0.717, 1.165) is 46.6 Å². The van der Waals surface area contributed by atoms with Crippen LogP contribution >= 0.6 is 11.6 Å². The van der Waals surface area contributed by atoms with Crippen LogP contribution in [0.15, 0.2) is 49.1 Å². The number of fused-ring (bicyclic) bond motifs is 2. The van der Waals surface area contributed by atoms with Gasteiger partial charge in [-0.15, -0.1) is 0 Å². The first kappa shape index (κ1) is 31.1. The standard InChI is InChI=1S/C34H39ClFN7O2/c1-5-30(44)43-15-14-42(19-25(43)18-37-2)32-26-12-13-41(29-11-7-9-23-8-6-10-27(35)31(23)29)20-28(26)38-33(39-32)45-22-34(21-40(3)4)16-24(36)17-34/h5-11,24-25H,1,12-22H2,3-4H3/t24?,25-,34?/m0/s1. The Kier molecular flexibility index (Phi) is 8.85. The molecule has 3 heterocycles. The molecular weight excluding hydrogens is 593 g/mol. The summed E-state index contributed by atoms with van der Waals surface area (Å²) in [5, 5.41) is 2.79. The zero-order chi connectivity index (χ0) is 31.7. The minimum absolute atomic E-state index is 0.167. The number of amides is 1. The first-order chi connectivity index (χ1) is 21.7. The third kappa shape index (κ3) is 6.29. The maximum Gasteiger partial charge on any atom is 0.318 e. The highest BCUT2D eigenvalue weighted by molar-refractivity contribution is 6.36. The molecule has 0 radical (unpaired) electrons. The van der Waals surface area contributed by atoms with Crippen molar-refractivity contribution in [3.05, 3.63) is 76.8 Å². The number of rotatable bonds is 9. The van der Waals surface area contributed by atoms with Gasteiger partial charge in [-0.05, 0) is 57.0 Å². The molecule has 2 fully saturated rings. The lowest BCUT2D eigenvalue weighted by Gasteiger charge is -2.45. The molecule has 1 amide bonds. The van der Waals surface area contributed by atoms with Gasteiger partial charge in [-0.3, -0.25) is 4.79 Å². The number of halogens is 2. The van der Waals surface area contributed by atoms with Crippen molar-refractivity contribution in [3.8, 4) is 6.01 Å². The molecule has 3 aliphatic rings. The fraction of sp³-hybridized carbons (Fsp3) is 0.471. The number of hydrogen-bond donors (Lipinski definition) is 0. The lowest BCUT2D eigenvalue weighted by molar-refractivity contribution is -0.128. The fourth-order valence-corrected chi connectivity index (χ4v) is 7.52. The normalized spacial score (nSPS) is 23.0. The van der Waals surface area contributed by atoms with Gasteiger partial charge in [0, 0.05) is 54.8 Å². The Balaban J connectivity index is 1.34. The molecule has 1 saturated carbocycles. The number of nitrogens with zero attached hydrogens (tertiary/aromatic N) is 7. The summed E-state index contributed by atoms with van der Waals surface area (Å²) in [6, 6.07) is 12.1. The first-order valence-corrected chi connectivity index (χ1v) is 15.8. The number of hydrogen-bond acceptors (Lipinski definition) is 7. The van der Waals surface area contributed by atoms with Crippen LogP contribution < -0.4 is 14.5 Å². The van der Waals surface area contributed by atoms with E-state index in [-0.39, 0.29) is 29.9 Å². The second-order valence-corrected chi connectivity index (χ2v) is 13.2. The lowest BCUT2D eigenvalue weighted by atomic mass is 9.67. The third-order valence-electron chi connectivity index (χ3n) is 9.21. The minimum Gasteiger partial charge on any atom is -0.463 e. The maximum absolute atomic E-state index is 14.1. The van der Waals surface area contributed by atoms with E-state index < -0.39 is 6.17 Å². The number of anilines is 2. The summed E-state index contributed by atoms with van der Waals surface area (Å²) >= 11 is 6.70. The highest BCUT2D eigenvalue weighted by Crippen LogP contribution is 2.44. The smallest absolute Gasteiger partial charge is 0.318 e. The highest BCUT2D eigenvalue weighted by atomic mass is 35.5. The predicted octanol–water partition coefficient (Wildman–Crippen LogP) is 5.03. The Labute approximate surface area is 269 Å². The molecular formula is C34H39ClFN7O2. The van der Waals surface area contributed by atoms with Crippen LogP contribution in [0.4, 0.5) is 15.9 Å². The average molecular weight is 632 g/mol. The summed E-state index contributed by atoms with van der Waals surface area (Å²) in [5.74, 6) is 0.615. The van der Waals surface area contributed by atoms with Crippen LogP contribution in [0.1, 0.15) is 24.1 Å². The van der Waals surface area contributed by atoms with Gasteiger partial charge >= 0.3 is 6.01 Å². The van der Waals surface area contributed by atoms with Gasteiger partial charge in [0.1, 0.15) is 18.0 Å². The van der Waals surface area contributed by atoms with Crippen molar-refractivity contribution in [2.75, 3.05) is 69.8 Å². The van der Waals surface area contributed by atoms with Crippen molar-refractivity contribution in [2.45, 2.75) is 38.0 Å². The average Bonchev–Trinajstić information content (AvgIpc) is 3.01. The molecule has 6 rings (SSSR count). The zero-order valence-corrected chi connectivity index (χ0v) is 26.6. The van der Waals surface area contributed by atoms with E-state index in [0.29, 0.717) is 57.1 Å². The molecule has 2 aliphatic heterocycles. The molecule has 236 valence electrons. The van der Waals surface area contributed by atoms with E-state index >= 15 is 0 Å². The molecule has 1 atom stereocenters.